The van der Waals surface area contributed by atoms with Gasteiger partial charge in [-0.1, -0.05) is 12.1 Å². The molecule has 3 heterocycles. The standard InChI is InChI=1S/C22H31N7O2S/c1-24-22(20(23)31)8-12-29(13-9-22)18-5-3-2-4-16(18)27-19(30)17-14-32-21(28-17)26-15-6-10-25-11-7-15/h2-5,14-15,24-25H,6-13H2,1H3,(H2,23,31)(H,26,28)(H,27,30). The molecule has 0 atom stereocenters. The summed E-state index contributed by atoms with van der Waals surface area (Å²) in [6.45, 7) is 3.33. The lowest BCUT2D eigenvalue weighted by atomic mass is 9.86. The average molecular weight is 458 g/mol. The Kier molecular flexibility index (Phi) is 6.92. The van der Waals surface area contributed by atoms with Crippen LogP contribution in [0.5, 0.6) is 0 Å². The second-order valence-electron chi connectivity index (χ2n) is 8.36. The normalized spacial score (nSPS) is 18.8. The van der Waals surface area contributed by atoms with Gasteiger partial charge in [-0.2, -0.15) is 0 Å². The van der Waals surface area contributed by atoms with Crippen molar-refractivity contribution in [3.05, 3.63) is 35.3 Å². The maximum Gasteiger partial charge on any atom is 0.275 e. The third-order valence-electron chi connectivity index (χ3n) is 6.46. The molecule has 4 rings (SSSR count). The Balaban J connectivity index is 1.41. The van der Waals surface area contributed by atoms with Gasteiger partial charge in [-0.05, 0) is 58.0 Å². The van der Waals surface area contributed by atoms with Crippen LogP contribution in [0.25, 0.3) is 0 Å². The van der Waals surface area contributed by atoms with Crippen LogP contribution in [-0.2, 0) is 4.79 Å². The number of carbonyl (C=O) groups excluding carboxylic acids is 2. The maximum atomic E-state index is 12.9. The molecule has 172 valence electrons. The van der Waals surface area contributed by atoms with E-state index in [1.54, 1.807) is 12.4 Å². The van der Waals surface area contributed by atoms with Gasteiger partial charge in [0.25, 0.3) is 5.91 Å². The number of anilines is 3. The average Bonchev–Trinajstić information content (AvgIpc) is 3.29. The number of hydrogen-bond donors (Lipinski definition) is 5. The Morgan fingerprint density at radius 2 is 1.94 bits per heavy atom. The fraction of sp³-hybridized carbons (Fsp3) is 0.500. The molecule has 0 saturated carbocycles. The molecular weight excluding hydrogens is 426 g/mol. The lowest BCUT2D eigenvalue weighted by molar-refractivity contribution is -0.125. The third kappa shape index (κ3) is 4.87. The molecule has 0 unspecified atom stereocenters. The number of carbonyl (C=O) groups is 2. The number of hydrogen-bond acceptors (Lipinski definition) is 8. The molecule has 0 aliphatic carbocycles. The van der Waals surface area contributed by atoms with Crippen molar-refractivity contribution >= 4 is 39.7 Å². The van der Waals surface area contributed by atoms with Gasteiger partial charge in [-0.15, -0.1) is 11.3 Å². The highest BCUT2D eigenvalue weighted by atomic mass is 32.1. The molecule has 9 nitrogen and oxygen atoms in total. The lowest BCUT2D eigenvalue weighted by Crippen LogP contribution is -2.59. The van der Waals surface area contributed by atoms with Gasteiger partial charge >= 0.3 is 0 Å². The number of likely N-dealkylation sites (N-methyl/N-ethyl adjacent to an activating group) is 1. The molecule has 0 spiro atoms. The first-order valence-electron chi connectivity index (χ1n) is 11.1. The summed E-state index contributed by atoms with van der Waals surface area (Å²) in [5.41, 5.74) is 7.02. The second-order valence-corrected chi connectivity index (χ2v) is 9.22. The molecule has 1 aromatic carbocycles. The first-order valence-corrected chi connectivity index (χ1v) is 12.0. The van der Waals surface area contributed by atoms with Gasteiger partial charge in [-0.25, -0.2) is 4.98 Å². The van der Waals surface area contributed by atoms with Gasteiger partial charge in [-0.3, -0.25) is 9.59 Å². The quantitative estimate of drug-likeness (QED) is 0.428. The first kappa shape index (κ1) is 22.5. The number of aromatic nitrogens is 1. The highest BCUT2D eigenvalue weighted by molar-refractivity contribution is 7.13. The summed E-state index contributed by atoms with van der Waals surface area (Å²) in [6, 6.07) is 8.11. The minimum atomic E-state index is -0.674. The Hall–Kier alpha value is -2.69. The van der Waals surface area contributed by atoms with E-state index in [-0.39, 0.29) is 11.8 Å². The van der Waals surface area contributed by atoms with Crippen LogP contribution in [0.2, 0.25) is 0 Å². The number of para-hydroxylation sites is 2. The largest absolute Gasteiger partial charge is 0.370 e. The third-order valence-corrected chi connectivity index (χ3v) is 7.24. The van der Waals surface area contributed by atoms with Crippen LogP contribution in [0.15, 0.2) is 29.6 Å². The summed E-state index contributed by atoms with van der Waals surface area (Å²) in [5.74, 6) is -0.551. The minimum absolute atomic E-state index is 0.231. The second kappa shape index (κ2) is 9.85. The number of primary amides is 1. The highest BCUT2D eigenvalue weighted by Crippen LogP contribution is 2.31. The van der Waals surface area contributed by atoms with Crippen LogP contribution < -0.4 is 31.9 Å². The Bertz CT molecular complexity index is 949. The van der Waals surface area contributed by atoms with Crippen molar-refractivity contribution in [2.75, 3.05) is 48.8 Å². The Morgan fingerprint density at radius 1 is 1.22 bits per heavy atom. The number of benzene rings is 1. The molecule has 2 aliphatic rings. The Labute approximate surface area is 192 Å². The predicted molar refractivity (Wildman–Crippen MR) is 128 cm³/mol. The SMILES string of the molecule is CNC1(C(N)=O)CCN(c2ccccc2NC(=O)c2csc(NC3CCNCC3)n2)CC1. The van der Waals surface area contributed by atoms with E-state index >= 15 is 0 Å². The fourth-order valence-electron chi connectivity index (χ4n) is 4.38. The molecule has 1 aromatic heterocycles. The lowest BCUT2D eigenvalue weighted by Gasteiger charge is -2.41. The number of nitrogens with one attached hydrogen (secondary N) is 4. The van der Waals surface area contributed by atoms with Gasteiger partial charge in [0.15, 0.2) is 5.13 Å². The molecule has 2 aliphatic heterocycles. The molecular formula is C22H31N7O2S. The van der Waals surface area contributed by atoms with Gasteiger partial charge in [0.1, 0.15) is 11.2 Å². The van der Waals surface area contributed by atoms with Crippen LogP contribution in [-0.4, -0.2) is 61.6 Å². The molecule has 2 amide bonds. The molecule has 2 aromatic rings. The summed E-state index contributed by atoms with van der Waals surface area (Å²) in [5, 5.41) is 15.5. The van der Waals surface area contributed by atoms with E-state index in [2.05, 4.69) is 31.2 Å². The van der Waals surface area contributed by atoms with Crippen LogP contribution in [0.4, 0.5) is 16.5 Å². The van der Waals surface area contributed by atoms with Crippen molar-refractivity contribution in [2.24, 2.45) is 5.73 Å². The zero-order chi connectivity index (χ0) is 22.6. The number of nitrogens with zero attached hydrogens (tertiary/aromatic N) is 2. The van der Waals surface area contributed by atoms with E-state index in [4.69, 9.17) is 5.73 Å². The van der Waals surface area contributed by atoms with E-state index in [0.717, 1.165) is 42.4 Å². The number of rotatable bonds is 7. The van der Waals surface area contributed by atoms with E-state index in [9.17, 15) is 9.59 Å². The summed E-state index contributed by atoms with van der Waals surface area (Å²) >= 11 is 1.45. The van der Waals surface area contributed by atoms with Crippen molar-refractivity contribution < 1.29 is 9.59 Å². The van der Waals surface area contributed by atoms with Gasteiger partial charge in [0, 0.05) is 24.5 Å². The molecule has 32 heavy (non-hydrogen) atoms. The first-order chi connectivity index (χ1) is 15.5. The number of thiazole rings is 1. The zero-order valence-corrected chi connectivity index (χ0v) is 19.1. The molecule has 10 heteroatoms. The van der Waals surface area contributed by atoms with Crippen molar-refractivity contribution in [3.63, 3.8) is 0 Å². The summed E-state index contributed by atoms with van der Waals surface area (Å²) in [4.78, 5) is 31.5. The zero-order valence-electron chi connectivity index (χ0n) is 18.3. The molecule has 2 fully saturated rings. The Morgan fingerprint density at radius 3 is 2.62 bits per heavy atom. The highest BCUT2D eigenvalue weighted by Gasteiger charge is 2.38. The van der Waals surface area contributed by atoms with Crippen LogP contribution in [0, 0.1) is 0 Å². The maximum absolute atomic E-state index is 12.9. The van der Waals surface area contributed by atoms with Gasteiger partial charge in [0.2, 0.25) is 5.91 Å². The monoisotopic (exact) mass is 457 g/mol. The van der Waals surface area contributed by atoms with Crippen LogP contribution >= 0.6 is 11.3 Å². The smallest absolute Gasteiger partial charge is 0.275 e. The summed E-state index contributed by atoms with van der Waals surface area (Å²) in [6.07, 6.45) is 3.32. The summed E-state index contributed by atoms with van der Waals surface area (Å²) in [7, 11) is 1.77. The van der Waals surface area contributed by atoms with E-state index in [1.807, 2.05) is 24.3 Å². The van der Waals surface area contributed by atoms with Gasteiger partial charge < -0.3 is 31.9 Å². The van der Waals surface area contributed by atoms with Crippen molar-refractivity contribution in [1.82, 2.24) is 15.6 Å². The summed E-state index contributed by atoms with van der Waals surface area (Å²) < 4.78 is 0. The van der Waals surface area contributed by atoms with Crippen molar-refractivity contribution in [1.29, 1.82) is 0 Å². The number of nitrogens with two attached hydrogens (primary N) is 1. The van der Waals surface area contributed by atoms with Crippen molar-refractivity contribution in [2.45, 2.75) is 37.3 Å². The van der Waals surface area contributed by atoms with E-state index in [1.165, 1.54) is 11.3 Å². The van der Waals surface area contributed by atoms with E-state index in [0.29, 0.717) is 37.7 Å². The number of amides is 2. The van der Waals surface area contributed by atoms with E-state index < -0.39 is 5.54 Å². The van der Waals surface area contributed by atoms with Crippen molar-refractivity contribution in [3.8, 4) is 0 Å². The molecule has 0 bridgehead atoms. The van der Waals surface area contributed by atoms with Crippen LogP contribution in [0.3, 0.4) is 0 Å². The van der Waals surface area contributed by atoms with Gasteiger partial charge in [0.05, 0.1) is 11.4 Å². The van der Waals surface area contributed by atoms with Crippen LogP contribution in [0.1, 0.15) is 36.2 Å². The topological polar surface area (TPSA) is 124 Å². The number of piperidine rings is 2. The minimum Gasteiger partial charge on any atom is -0.370 e. The predicted octanol–water partition coefficient (Wildman–Crippen LogP) is 1.60. The molecule has 6 N–H and O–H groups in total. The molecule has 2 saturated heterocycles. The molecule has 0 radical (unpaired) electrons. The fourth-order valence-corrected chi connectivity index (χ4v) is 5.14.